The van der Waals surface area contributed by atoms with Gasteiger partial charge in [0.1, 0.15) is 0 Å². The molecule has 1 heterocycles. The van der Waals surface area contributed by atoms with Crippen LogP contribution >= 0.6 is 11.8 Å². The topological polar surface area (TPSA) is 108 Å². The third-order valence-electron chi connectivity index (χ3n) is 2.53. The van der Waals surface area contributed by atoms with E-state index in [9.17, 15) is 14.4 Å². The molecule has 3 N–H and O–H groups in total. The molecule has 110 valence electrons. The van der Waals surface area contributed by atoms with Crippen molar-refractivity contribution in [3.05, 3.63) is 50.2 Å². The number of amides is 1. The molecule has 0 bridgehead atoms. The van der Waals surface area contributed by atoms with Crippen molar-refractivity contribution in [2.24, 2.45) is 0 Å². The first kappa shape index (κ1) is 15.0. The Kier molecular flexibility index (Phi) is 4.59. The summed E-state index contributed by atoms with van der Waals surface area (Å²) >= 11 is 0.954. The number of hydrogen-bond donors (Lipinski definition) is 3. The van der Waals surface area contributed by atoms with Crippen molar-refractivity contribution in [2.75, 3.05) is 11.1 Å². The Morgan fingerprint density at radius 3 is 2.52 bits per heavy atom. The zero-order chi connectivity index (χ0) is 15.4. The maximum absolute atomic E-state index is 11.8. The molecule has 0 fully saturated rings. The van der Waals surface area contributed by atoms with E-state index in [4.69, 9.17) is 0 Å². The van der Waals surface area contributed by atoms with Crippen LogP contribution in [-0.4, -0.2) is 26.8 Å². The molecule has 0 aliphatic carbocycles. The van der Waals surface area contributed by atoms with Gasteiger partial charge in [0.05, 0.1) is 5.75 Å². The molecule has 0 unspecified atom stereocenters. The van der Waals surface area contributed by atoms with Gasteiger partial charge in [0, 0.05) is 5.69 Å². The summed E-state index contributed by atoms with van der Waals surface area (Å²) in [5.74, 6) is -0.229. The van der Waals surface area contributed by atoms with Gasteiger partial charge in [-0.25, -0.2) is 9.89 Å². The van der Waals surface area contributed by atoms with Gasteiger partial charge < -0.3 is 5.32 Å². The quantitative estimate of drug-likeness (QED) is 0.724. The van der Waals surface area contributed by atoms with Crippen LogP contribution in [0.15, 0.2) is 32.8 Å². The second-order valence-corrected chi connectivity index (χ2v) is 5.49. The van der Waals surface area contributed by atoms with Crippen LogP contribution in [0.1, 0.15) is 11.1 Å². The number of rotatable bonds is 4. The summed E-state index contributed by atoms with van der Waals surface area (Å²) in [6, 6.07) is 5.73. The number of nitrogens with one attached hydrogen (secondary N) is 3. The first-order valence-corrected chi connectivity index (χ1v) is 7.12. The van der Waals surface area contributed by atoms with Crippen molar-refractivity contribution in [3.8, 4) is 0 Å². The lowest BCUT2D eigenvalue weighted by molar-refractivity contribution is -0.113. The monoisotopic (exact) mass is 306 g/mol. The van der Waals surface area contributed by atoms with E-state index < -0.39 is 11.2 Å². The van der Waals surface area contributed by atoms with Gasteiger partial charge in [-0.15, -0.1) is 0 Å². The Labute approximate surface area is 124 Å². The average Bonchev–Trinajstić information content (AvgIpc) is 2.36. The predicted octanol–water partition coefficient (Wildman–Crippen LogP) is 0.806. The second kappa shape index (κ2) is 6.40. The maximum atomic E-state index is 11.8. The van der Waals surface area contributed by atoms with Gasteiger partial charge in [0.15, 0.2) is 5.03 Å². The van der Waals surface area contributed by atoms with Crippen molar-refractivity contribution in [1.29, 1.82) is 0 Å². The number of thioether (sulfide) groups is 1. The number of nitrogens with zero attached hydrogens (tertiary/aromatic N) is 1. The van der Waals surface area contributed by atoms with Crippen molar-refractivity contribution in [3.63, 3.8) is 0 Å². The minimum Gasteiger partial charge on any atom is -0.325 e. The van der Waals surface area contributed by atoms with E-state index >= 15 is 0 Å². The molecule has 0 aliphatic rings. The van der Waals surface area contributed by atoms with Crippen LogP contribution in [0.3, 0.4) is 0 Å². The number of anilines is 1. The molecule has 2 aromatic rings. The van der Waals surface area contributed by atoms with Gasteiger partial charge in [-0.05, 0) is 37.1 Å². The Balaban J connectivity index is 1.99. The van der Waals surface area contributed by atoms with Gasteiger partial charge in [-0.3, -0.25) is 14.6 Å². The van der Waals surface area contributed by atoms with Crippen LogP contribution in [0.4, 0.5) is 5.69 Å². The molecule has 1 aromatic carbocycles. The molecule has 21 heavy (non-hydrogen) atoms. The van der Waals surface area contributed by atoms with E-state index in [1.165, 1.54) is 0 Å². The van der Waals surface area contributed by atoms with Gasteiger partial charge in [0.2, 0.25) is 5.91 Å². The molecule has 1 aromatic heterocycles. The average molecular weight is 306 g/mol. The third kappa shape index (κ3) is 4.32. The fraction of sp³-hybridized carbons (Fsp3) is 0.231. The summed E-state index contributed by atoms with van der Waals surface area (Å²) in [6.45, 7) is 3.89. The largest absolute Gasteiger partial charge is 0.342 e. The zero-order valence-corrected chi connectivity index (χ0v) is 12.3. The molecule has 0 atom stereocenters. The molecule has 0 aliphatic heterocycles. The van der Waals surface area contributed by atoms with E-state index in [1.807, 2.05) is 37.0 Å². The molecule has 2 rings (SSSR count). The smallest absolute Gasteiger partial charge is 0.325 e. The number of aryl methyl sites for hydroxylation is 2. The standard InChI is InChI=1S/C13H14N4O3S/c1-7-3-8(2)5-9(4-7)14-10(18)6-21-12-11(19)15-13(20)17-16-12/h3-5H,6H2,1-2H3,(H,14,18)(H2,15,17,19,20). The molecular formula is C13H14N4O3S. The van der Waals surface area contributed by atoms with E-state index in [-0.39, 0.29) is 16.7 Å². The molecule has 0 saturated heterocycles. The fourth-order valence-electron chi connectivity index (χ4n) is 1.81. The molecule has 0 saturated carbocycles. The fourth-order valence-corrected chi connectivity index (χ4v) is 2.44. The molecule has 0 spiro atoms. The number of aromatic nitrogens is 3. The van der Waals surface area contributed by atoms with Crippen LogP contribution in [0.5, 0.6) is 0 Å². The summed E-state index contributed by atoms with van der Waals surface area (Å²) in [4.78, 5) is 36.1. The van der Waals surface area contributed by atoms with Gasteiger partial charge in [0.25, 0.3) is 5.56 Å². The van der Waals surface area contributed by atoms with E-state index in [1.54, 1.807) is 0 Å². The van der Waals surface area contributed by atoms with E-state index in [2.05, 4.69) is 15.5 Å². The number of benzene rings is 1. The van der Waals surface area contributed by atoms with Gasteiger partial charge in [-0.1, -0.05) is 17.8 Å². The van der Waals surface area contributed by atoms with Crippen LogP contribution in [-0.2, 0) is 4.79 Å². The highest BCUT2D eigenvalue weighted by molar-refractivity contribution is 7.99. The lowest BCUT2D eigenvalue weighted by atomic mass is 10.1. The number of hydrogen-bond acceptors (Lipinski definition) is 5. The summed E-state index contributed by atoms with van der Waals surface area (Å²) in [7, 11) is 0. The molecule has 0 radical (unpaired) electrons. The van der Waals surface area contributed by atoms with Crippen LogP contribution in [0.25, 0.3) is 0 Å². The highest BCUT2D eigenvalue weighted by Crippen LogP contribution is 2.15. The second-order valence-electron chi connectivity index (χ2n) is 4.53. The van der Waals surface area contributed by atoms with E-state index in [0.717, 1.165) is 22.9 Å². The number of carbonyl (C=O) groups is 1. The number of carbonyl (C=O) groups excluding carboxylic acids is 1. The number of aromatic amines is 2. The lowest BCUT2D eigenvalue weighted by Crippen LogP contribution is -2.25. The normalized spacial score (nSPS) is 10.4. The molecule has 8 heteroatoms. The van der Waals surface area contributed by atoms with Crippen molar-refractivity contribution in [1.82, 2.24) is 15.2 Å². The summed E-state index contributed by atoms with van der Waals surface area (Å²) in [5.41, 5.74) is 1.53. The Morgan fingerprint density at radius 2 is 1.90 bits per heavy atom. The SMILES string of the molecule is Cc1cc(C)cc(NC(=O)CSc2n[nH]c(=O)[nH]c2=O)c1. The highest BCUT2D eigenvalue weighted by Gasteiger charge is 2.08. The molecule has 7 nitrogen and oxygen atoms in total. The zero-order valence-electron chi connectivity index (χ0n) is 11.5. The summed E-state index contributed by atoms with van der Waals surface area (Å²) in [6.07, 6.45) is 0. The summed E-state index contributed by atoms with van der Waals surface area (Å²) < 4.78 is 0. The maximum Gasteiger partial charge on any atom is 0.342 e. The van der Waals surface area contributed by atoms with Gasteiger partial charge >= 0.3 is 5.69 Å². The van der Waals surface area contributed by atoms with Crippen molar-refractivity contribution in [2.45, 2.75) is 18.9 Å². The van der Waals surface area contributed by atoms with Crippen LogP contribution in [0, 0.1) is 13.8 Å². The Bertz CT molecular complexity index is 761. The van der Waals surface area contributed by atoms with Crippen molar-refractivity contribution < 1.29 is 4.79 Å². The minimum absolute atomic E-state index is 0.0229. The summed E-state index contributed by atoms with van der Waals surface area (Å²) in [5, 5.41) is 8.50. The lowest BCUT2D eigenvalue weighted by Gasteiger charge is -2.07. The Morgan fingerprint density at radius 1 is 1.24 bits per heavy atom. The first-order chi connectivity index (χ1) is 9.94. The van der Waals surface area contributed by atoms with Crippen LogP contribution in [0.2, 0.25) is 0 Å². The minimum atomic E-state index is -0.677. The third-order valence-corrected chi connectivity index (χ3v) is 3.48. The van der Waals surface area contributed by atoms with E-state index in [0.29, 0.717) is 5.69 Å². The Hall–Kier alpha value is -2.35. The van der Waals surface area contributed by atoms with Crippen LogP contribution < -0.4 is 16.6 Å². The van der Waals surface area contributed by atoms with Crippen molar-refractivity contribution >= 4 is 23.4 Å². The molecular weight excluding hydrogens is 292 g/mol. The molecule has 1 amide bonds. The van der Waals surface area contributed by atoms with Gasteiger partial charge in [-0.2, -0.15) is 5.10 Å². The first-order valence-electron chi connectivity index (χ1n) is 6.14. The predicted molar refractivity (Wildman–Crippen MR) is 80.7 cm³/mol. The highest BCUT2D eigenvalue weighted by atomic mass is 32.2. The number of H-pyrrole nitrogens is 2.